The normalized spacial score (nSPS) is 9.47. The second-order valence-electron chi connectivity index (χ2n) is 2.51. The number of amides is 1. The van der Waals surface area contributed by atoms with Crippen molar-refractivity contribution in [2.24, 2.45) is 0 Å². The van der Waals surface area contributed by atoms with Gasteiger partial charge < -0.3 is 10.1 Å². The first-order chi connectivity index (χ1) is 7.04. The molecule has 0 bridgehead atoms. The van der Waals surface area contributed by atoms with E-state index in [9.17, 15) is 14.9 Å². The lowest BCUT2D eigenvalue weighted by molar-refractivity contribution is -0.384. The van der Waals surface area contributed by atoms with Crippen molar-refractivity contribution in [1.82, 2.24) is 5.32 Å². The number of rotatable bonds is 2. The third-order valence-electron chi connectivity index (χ3n) is 1.53. The predicted molar refractivity (Wildman–Crippen MR) is 55.9 cm³/mol. The van der Waals surface area contributed by atoms with E-state index in [1.54, 1.807) is 0 Å². The lowest BCUT2D eigenvalue weighted by Crippen LogP contribution is -2.22. The second-order valence-corrected chi connectivity index (χ2v) is 3.37. The fraction of sp³-hybridized carbons (Fsp3) is 0.125. The molecule has 0 saturated carbocycles. The Hall–Kier alpha value is -1.63. The molecule has 0 radical (unpaired) electrons. The fourth-order valence-corrected chi connectivity index (χ4v) is 1.28. The zero-order valence-electron chi connectivity index (χ0n) is 7.69. The van der Waals surface area contributed by atoms with Gasteiger partial charge in [-0.3, -0.25) is 10.1 Å². The Morgan fingerprint density at radius 3 is 2.73 bits per heavy atom. The summed E-state index contributed by atoms with van der Waals surface area (Å²) in [6.07, 6.45) is -0.635. The van der Waals surface area contributed by atoms with Gasteiger partial charge in [0.15, 0.2) is 0 Å². The van der Waals surface area contributed by atoms with Gasteiger partial charge in [0.05, 0.1) is 9.40 Å². The number of hydrogen-bond acceptors (Lipinski definition) is 4. The Bertz CT molecular complexity index is 408. The number of non-ortho nitro benzene ring substituents is 1. The molecule has 0 heterocycles. The Balaban J connectivity index is 2.93. The van der Waals surface area contributed by atoms with Crippen LogP contribution in [0.25, 0.3) is 0 Å². The lowest BCUT2D eigenvalue weighted by Gasteiger charge is -2.04. The highest BCUT2D eigenvalue weighted by atomic mass is 79.9. The molecular weight excluding hydrogens is 268 g/mol. The SMILES string of the molecule is CNC(=O)Oc1ccc([N+](=O)[O-])cc1Br. The van der Waals surface area contributed by atoms with Gasteiger partial charge in [0.1, 0.15) is 5.75 Å². The first-order valence-electron chi connectivity index (χ1n) is 3.88. The van der Waals surface area contributed by atoms with Crippen LogP contribution in [0.3, 0.4) is 0 Å². The number of carbonyl (C=O) groups excluding carboxylic acids is 1. The number of benzene rings is 1. The van der Waals surface area contributed by atoms with Gasteiger partial charge in [0.2, 0.25) is 0 Å². The first kappa shape index (κ1) is 11.4. The van der Waals surface area contributed by atoms with Crippen molar-refractivity contribution in [3.8, 4) is 5.75 Å². The Morgan fingerprint density at radius 1 is 1.60 bits per heavy atom. The monoisotopic (exact) mass is 274 g/mol. The summed E-state index contributed by atoms with van der Waals surface area (Å²) in [6, 6.07) is 3.86. The number of carbonyl (C=O) groups is 1. The van der Waals surface area contributed by atoms with Crippen LogP contribution in [-0.4, -0.2) is 18.1 Å². The largest absolute Gasteiger partial charge is 0.412 e. The van der Waals surface area contributed by atoms with Crippen LogP contribution in [0.2, 0.25) is 0 Å². The van der Waals surface area contributed by atoms with E-state index >= 15 is 0 Å². The van der Waals surface area contributed by atoms with Crippen molar-refractivity contribution in [3.05, 3.63) is 32.8 Å². The van der Waals surface area contributed by atoms with Crippen LogP contribution in [0.1, 0.15) is 0 Å². The van der Waals surface area contributed by atoms with Crippen LogP contribution in [0.5, 0.6) is 5.75 Å². The molecule has 80 valence electrons. The van der Waals surface area contributed by atoms with E-state index in [1.807, 2.05) is 0 Å². The molecule has 6 nitrogen and oxygen atoms in total. The minimum atomic E-state index is -0.635. The molecule has 0 atom stereocenters. The van der Waals surface area contributed by atoms with Gasteiger partial charge in [0, 0.05) is 19.2 Å². The maximum absolute atomic E-state index is 10.9. The number of ether oxygens (including phenoxy) is 1. The molecule has 0 aliphatic heterocycles. The zero-order chi connectivity index (χ0) is 11.4. The van der Waals surface area contributed by atoms with Crippen molar-refractivity contribution in [2.75, 3.05) is 7.05 Å². The lowest BCUT2D eigenvalue weighted by atomic mass is 10.3. The highest BCUT2D eigenvalue weighted by Crippen LogP contribution is 2.28. The van der Waals surface area contributed by atoms with Gasteiger partial charge >= 0.3 is 6.09 Å². The van der Waals surface area contributed by atoms with Crippen LogP contribution in [0, 0.1) is 10.1 Å². The summed E-state index contributed by atoms with van der Waals surface area (Å²) < 4.78 is 5.16. The van der Waals surface area contributed by atoms with E-state index < -0.39 is 11.0 Å². The van der Waals surface area contributed by atoms with Gasteiger partial charge in [0.25, 0.3) is 5.69 Å². The van der Waals surface area contributed by atoms with E-state index in [-0.39, 0.29) is 11.4 Å². The summed E-state index contributed by atoms with van der Waals surface area (Å²) in [5.74, 6) is 0.222. The van der Waals surface area contributed by atoms with Gasteiger partial charge in [-0.15, -0.1) is 0 Å². The van der Waals surface area contributed by atoms with Crippen LogP contribution in [-0.2, 0) is 0 Å². The highest BCUT2D eigenvalue weighted by molar-refractivity contribution is 9.10. The first-order valence-corrected chi connectivity index (χ1v) is 4.67. The van der Waals surface area contributed by atoms with E-state index in [0.29, 0.717) is 4.47 Å². The van der Waals surface area contributed by atoms with E-state index in [1.165, 1.54) is 25.2 Å². The number of nitrogens with zero attached hydrogens (tertiary/aromatic N) is 1. The molecule has 1 rings (SSSR count). The average molecular weight is 275 g/mol. The molecule has 7 heteroatoms. The summed E-state index contributed by atoms with van der Waals surface area (Å²) in [6.45, 7) is 0. The number of nitro groups is 1. The molecule has 0 aliphatic rings. The minimum Gasteiger partial charge on any atom is -0.409 e. The molecule has 1 amide bonds. The predicted octanol–water partition coefficient (Wildman–Crippen LogP) is 2.08. The Kier molecular flexibility index (Phi) is 3.62. The van der Waals surface area contributed by atoms with Crippen LogP contribution < -0.4 is 10.1 Å². The van der Waals surface area contributed by atoms with Gasteiger partial charge in [-0.25, -0.2) is 4.79 Å². The van der Waals surface area contributed by atoms with Gasteiger partial charge in [-0.05, 0) is 22.0 Å². The van der Waals surface area contributed by atoms with Crippen molar-refractivity contribution in [2.45, 2.75) is 0 Å². The summed E-state index contributed by atoms with van der Waals surface area (Å²) in [4.78, 5) is 20.7. The zero-order valence-corrected chi connectivity index (χ0v) is 9.28. The number of halogens is 1. The summed E-state index contributed by atoms with van der Waals surface area (Å²) in [5.41, 5.74) is -0.0777. The topological polar surface area (TPSA) is 81.5 Å². The van der Waals surface area contributed by atoms with Crippen LogP contribution in [0.15, 0.2) is 22.7 Å². The van der Waals surface area contributed by atoms with Gasteiger partial charge in [-0.2, -0.15) is 0 Å². The summed E-state index contributed by atoms with van der Waals surface area (Å²) in [7, 11) is 1.42. The standard InChI is InChI=1S/C8H7BrN2O4/c1-10-8(12)15-7-3-2-5(11(13)14)4-6(7)9/h2-4H,1H3,(H,10,12). The molecule has 1 N–H and O–H groups in total. The number of nitrogens with one attached hydrogen (secondary N) is 1. The molecular formula is C8H7BrN2O4. The van der Waals surface area contributed by atoms with Crippen molar-refractivity contribution < 1.29 is 14.5 Å². The third kappa shape index (κ3) is 2.91. The third-order valence-corrected chi connectivity index (χ3v) is 2.15. The fourth-order valence-electron chi connectivity index (χ4n) is 0.837. The Labute approximate surface area is 93.5 Å². The van der Waals surface area contributed by atoms with Gasteiger partial charge in [-0.1, -0.05) is 0 Å². The molecule has 0 aliphatic carbocycles. The average Bonchev–Trinajstić information content (AvgIpc) is 2.20. The molecule has 0 aromatic heterocycles. The van der Waals surface area contributed by atoms with Crippen molar-refractivity contribution in [1.29, 1.82) is 0 Å². The molecule has 0 unspecified atom stereocenters. The minimum absolute atomic E-state index is 0.0777. The molecule has 0 saturated heterocycles. The highest BCUT2D eigenvalue weighted by Gasteiger charge is 2.11. The molecule has 0 fully saturated rings. The van der Waals surface area contributed by atoms with Crippen LogP contribution in [0.4, 0.5) is 10.5 Å². The van der Waals surface area contributed by atoms with E-state index in [4.69, 9.17) is 4.74 Å². The Morgan fingerprint density at radius 2 is 2.27 bits per heavy atom. The maximum Gasteiger partial charge on any atom is 0.412 e. The molecule has 15 heavy (non-hydrogen) atoms. The molecule has 0 spiro atoms. The maximum atomic E-state index is 10.9. The van der Waals surface area contributed by atoms with E-state index in [2.05, 4.69) is 21.2 Å². The van der Waals surface area contributed by atoms with Crippen molar-refractivity contribution in [3.63, 3.8) is 0 Å². The molecule has 1 aromatic carbocycles. The quantitative estimate of drug-likeness (QED) is 0.661. The molecule has 1 aromatic rings. The summed E-state index contributed by atoms with van der Waals surface area (Å²) >= 11 is 3.06. The second kappa shape index (κ2) is 4.74. The number of hydrogen-bond donors (Lipinski definition) is 1. The van der Waals surface area contributed by atoms with Crippen molar-refractivity contribution >= 4 is 27.7 Å². The number of nitro benzene ring substituents is 1. The summed E-state index contributed by atoms with van der Waals surface area (Å²) in [5, 5.41) is 12.7. The van der Waals surface area contributed by atoms with E-state index in [0.717, 1.165) is 0 Å². The smallest absolute Gasteiger partial charge is 0.409 e. The van der Waals surface area contributed by atoms with Crippen LogP contribution >= 0.6 is 15.9 Å².